The molecule has 3 N–H and O–H groups in total. The van der Waals surface area contributed by atoms with Crippen LogP contribution in [0.15, 0.2) is 34.1 Å². The van der Waals surface area contributed by atoms with Gasteiger partial charge in [0.15, 0.2) is 0 Å². The van der Waals surface area contributed by atoms with Crippen LogP contribution in [0.3, 0.4) is 0 Å². The molecule has 8 heteroatoms. The smallest absolute Gasteiger partial charge is 0.225 e. The van der Waals surface area contributed by atoms with E-state index in [0.717, 1.165) is 31.7 Å². The molecule has 1 aromatic carbocycles. The van der Waals surface area contributed by atoms with Crippen LogP contribution in [0.2, 0.25) is 0 Å². The maximum Gasteiger partial charge on any atom is 0.240 e. The number of benzene rings is 1. The molecule has 1 fully saturated rings. The van der Waals surface area contributed by atoms with Gasteiger partial charge in [-0.25, -0.2) is 26.7 Å². The highest BCUT2D eigenvalue weighted by molar-refractivity contribution is 7.90. The first-order valence-electron chi connectivity index (χ1n) is 6.75. The van der Waals surface area contributed by atoms with E-state index in [1.807, 2.05) is 0 Å². The van der Waals surface area contributed by atoms with Crippen molar-refractivity contribution in [3.05, 3.63) is 24.3 Å². The van der Waals surface area contributed by atoms with E-state index in [-0.39, 0.29) is 15.2 Å². The van der Waals surface area contributed by atoms with E-state index in [2.05, 4.69) is 11.6 Å². The normalized spacial score (nSPS) is 18.8. The lowest BCUT2D eigenvalue weighted by Crippen LogP contribution is -2.34. The largest absolute Gasteiger partial charge is 0.240 e. The molecule has 0 saturated heterocycles. The van der Waals surface area contributed by atoms with E-state index in [1.165, 1.54) is 18.2 Å². The third kappa shape index (κ3) is 4.03. The van der Waals surface area contributed by atoms with E-state index in [9.17, 15) is 16.8 Å². The summed E-state index contributed by atoms with van der Waals surface area (Å²) in [5.74, 6) is 0. The van der Waals surface area contributed by atoms with Crippen molar-refractivity contribution in [3.8, 4) is 0 Å². The molecule has 0 aromatic heterocycles. The topological polar surface area (TPSA) is 106 Å². The number of primary sulfonamides is 1. The highest BCUT2D eigenvalue weighted by atomic mass is 32.2. The maximum absolute atomic E-state index is 12.3. The molecular formula is C13H20N2O4S2. The summed E-state index contributed by atoms with van der Waals surface area (Å²) in [7, 11) is -7.66. The molecule has 2 rings (SSSR count). The average molecular weight is 332 g/mol. The zero-order valence-electron chi connectivity index (χ0n) is 11.9. The molecule has 0 aliphatic heterocycles. The van der Waals surface area contributed by atoms with Crippen molar-refractivity contribution < 1.29 is 16.8 Å². The summed E-state index contributed by atoms with van der Waals surface area (Å²) in [6.07, 6.45) is 4.21. The molecular weight excluding hydrogens is 312 g/mol. The molecule has 6 nitrogen and oxygen atoms in total. The van der Waals surface area contributed by atoms with Gasteiger partial charge in [0.1, 0.15) is 0 Å². The highest BCUT2D eigenvalue weighted by Gasteiger charge is 2.30. The highest BCUT2D eigenvalue weighted by Crippen LogP contribution is 2.37. The number of rotatable bonds is 5. The van der Waals surface area contributed by atoms with Crippen molar-refractivity contribution in [2.75, 3.05) is 6.54 Å². The van der Waals surface area contributed by atoms with Gasteiger partial charge in [-0.2, -0.15) is 0 Å². The van der Waals surface area contributed by atoms with Crippen molar-refractivity contribution in [2.45, 2.75) is 42.4 Å². The molecule has 0 spiro atoms. The van der Waals surface area contributed by atoms with Crippen LogP contribution in [0, 0.1) is 5.41 Å². The number of nitrogens with two attached hydrogens (primary N) is 1. The molecule has 0 amide bonds. The average Bonchev–Trinajstić information content (AvgIpc) is 2.84. The van der Waals surface area contributed by atoms with Crippen molar-refractivity contribution in [3.63, 3.8) is 0 Å². The van der Waals surface area contributed by atoms with Crippen LogP contribution in [0.25, 0.3) is 0 Å². The Balaban J connectivity index is 2.20. The lowest BCUT2D eigenvalue weighted by molar-refractivity contribution is 0.336. The summed E-state index contributed by atoms with van der Waals surface area (Å²) in [5, 5.41) is 5.02. The van der Waals surface area contributed by atoms with E-state index in [0.29, 0.717) is 6.54 Å². The number of nitrogens with one attached hydrogen (secondary N) is 1. The Morgan fingerprint density at radius 1 is 1.14 bits per heavy atom. The summed E-state index contributed by atoms with van der Waals surface area (Å²) in [6, 6.07) is 5.07. The van der Waals surface area contributed by atoms with Gasteiger partial charge in [0.2, 0.25) is 20.0 Å². The Labute approximate surface area is 125 Å². The van der Waals surface area contributed by atoms with Gasteiger partial charge in [-0.3, -0.25) is 0 Å². The van der Waals surface area contributed by atoms with Gasteiger partial charge in [0, 0.05) is 6.54 Å². The number of hydrogen-bond acceptors (Lipinski definition) is 4. The minimum atomic E-state index is -3.92. The lowest BCUT2D eigenvalue weighted by atomic mass is 9.89. The predicted molar refractivity (Wildman–Crippen MR) is 79.6 cm³/mol. The van der Waals surface area contributed by atoms with Gasteiger partial charge in [-0.05, 0) is 36.5 Å². The van der Waals surface area contributed by atoms with E-state index >= 15 is 0 Å². The quantitative estimate of drug-likeness (QED) is 0.844. The Kier molecular flexibility index (Phi) is 4.44. The third-order valence-electron chi connectivity index (χ3n) is 3.94. The fourth-order valence-corrected chi connectivity index (χ4v) is 4.46. The van der Waals surface area contributed by atoms with Crippen molar-refractivity contribution >= 4 is 20.0 Å². The van der Waals surface area contributed by atoms with E-state index < -0.39 is 20.0 Å². The summed E-state index contributed by atoms with van der Waals surface area (Å²) in [5.41, 5.74) is -0.0232. The van der Waals surface area contributed by atoms with Crippen molar-refractivity contribution in [1.82, 2.24) is 4.72 Å². The standard InChI is InChI=1S/C13H20N2O4S2/c1-13(7-2-3-8-13)10-15-21(18,19)12-6-4-5-11(9-12)20(14,16)17/h4-6,9,15H,2-3,7-8,10H2,1H3,(H2,14,16,17). The molecule has 1 aliphatic rings. The van der Waals surface area contributed by atoms with Crippen LogP contribution in [-0.2, 0) is 20.0 Å². The van der Waals surface area contributed by atoms with Crippen molar-refractivity contribution in [1.29, 1.82) is 0 Å². The molecule has 21 heavy (non-hydrogen) atoms. The van der Waals surface area contributed by atoms with Crippen LogP contribution >= 0.6 is 0 Å². The zero-order chi connectivity index (χ0) is 15.7. The minimum Gasteiger partial charge on any atom is -0.225 e. The Morgan fingerprint density at radius 3 is 2.29 bits per heavy atom. The van der Waals surface area contributed by atoms with Gasteiger partial charge in [0.05, 0.1) is 9.79 Å². The molecule has 118 valence electrons. The fourth-order valence-electron chi connectivity index (χ4n) is 2.58. The van der Waals surface area contributed by atoms with Crippen molar-refractivity contribution in [2.24, 2.45) is 10.6 Å². The number of hydrogen-bond donors (Lipinski definition) is 2. The predicted octanol–water partition coefficient (Wildman–Crippen LogP) is 1.19. The maximum atomic E-state index is 12.3. The second-order valence-corrected chi connectivity index (χ2v) is 9.19. The number of sulfonamides is 2. The van der Waals surface area contributed by atoms with Gasteiger partial charge in [-0.1, -0.05) is 25.8 Å². The Morgan fingerprint density at radius 2 is 1.71 bits per heavy atom. The zero-order valence-corrected chi connectivity index (χ0v) is 13.5. The van der Waals surface area contributed by atoms with Crippen LogP contribution in [0.1, 0.15) is 32.6 Å². The Hall–Kier alpha value is -0.960. The molecule has 0 bridgehead atoms. The van der Waals surface area contributed by atoms with Gasteiger partial charge < -0.3 is 0 Å². The third-order valence-corrected chi connectivity index (χ3v) is 6.25. The molecule has 0 unspecified atom stereocenters. The first-order chi connectivity index (χ1) is 9.62. The van der Waals surface area contributed by atoms with Crippen LogP contribution < -0.4 is 9.86 Å². The van der Waals surface area contributed by atoms with E-state index in [1.54, 1.807) is 0 Å². The first-order valence-corrected chi connectivity index (χ1v) is 9.78. The van der Waals surface area contributed by atoms with E-state index in [4.69, 9.17) is 5.14 Å². The summed E-state index contributed by atoms with van der Waals surface area (Å²) >= 11 is 0. The van der Waals surface area contributed by atoms with Gasteiger partial charge in [-0.15, -0.1) is 0 Å². The first kappa shape index (κ1) is 16.4. The van der Waals surface area contributed by atoms with Crippen LogP contribution in [0.5, 0.6) is 0 Å². The minimum absolute atomic E-state index is 0.0232. The molecule has 1 aliphatic carbocycles. The lowest BCUT2D eigenvalue weighted by Gasteiger charge is -2.23. The summed E-state index contributed by atoms with van der Waals surface area (Å²) in [4.78, 5) is -0.298. The monoisotopic (exact) mass is 332 g/mol. The fraction of sp³-hybridized carbons (Fsp3) is 0.538. The second-order valence-electron chi connectivity index (χ2n) is 5.86. The molecule has 0 atom stereocenters. The molecule has 1 aromatic rings. The Bertz CT molecular complexity index is 720. The summed E-state index contributed by atoms with van der Waals surface area (Å²) in [6.45, 7) is 2.41. The van der Waals surface area contributed by atoms with Gasteiger partial charge >= 0.3 is 0 Å². The molecule has 1 saturated carbocycles. The molecule has 0 heterocycles. The second kappa shape index (κ2) is 5.68. The summed E-state index contributed by atoms with van der Waals surface area (Å²) < 4.78 is 49.7. The van der Waals surface area contributed by atoms with Gasteiger partial charge in [0.25, 0.3) is 0 Å². The van der Waals surface area contributed by atoms with Crippen LogP contribution in [0.4, 0.5) is 0 Å². The molecule has 0 radical (unpaired) electrons. The SMILES string of the molecule is CC1(CNS(=O)(=O)c2cccc(S(N)(=O)=O)c2)CCCC1. The van der Waals surface area contributed by atoms with Crippen LogP contribution in [-0.4, -0.2) is 23.4 Å².